The van der Waals surface area contributed by atoms with Crippen LogP contribution in [0.15, 0.2) is 36.5 Å². The molecule has 0 radical (unpaired) electrons. The van der Waals surface area contributed by atoms with E-state index in [9.17, 15) is 13.6 Å². The molecular weight excluding hydrogens is 531 g/mol. The zero-order valence-corrected chi connectivity index (χ0v) is 22.4. The van der Waals surface area contributed by atoms with E-state index in [0.29, 0.717) is 56.6 Å². The first kappa shape index (κ1) is 26.5. The van der Waals surface area contributed by atoms with Gasteiger partial charge in [-0.15, -0.1) is 0 Å². The van der Waals surface area contributed by atoms with Gasteiger partial charge < -0.3 is 9.88 Å². The molecule has 0 spiro atoms. The number of hydrogen-bond donors (Lipinski definition) is 1. The minimum absolute atomic E-state index is 0.0214. The summed E-state index contributed by atoms with van der Waals surface area (Å²) in [5.41, 5.74) is 3.12. The molecule has 2 aromatic carbocycles. The summed E-state index contributed by atoms with van der Waals surface area (Å²) in [6.45, 7) is 2.45. The van der Waals surface area contributed by atoms with Gasteiger partial charge in [0.1, 0.15) is 17.1 Å². The number of rotatable bonds is 8. The highest BCUT2D eigenvalue weighted by molar-refractivity contribution is 6.39. The van der Waals surface area contributed by atoms with Crippen LogP contribution in [0.2, 0.25) is 10.0 Å². The number of hydrogen-bond acceptors (Lipinski definition) is 5. The van der Waals surface area contributed by atoms with E-state index in [-0.39, 0.29) is 18.7 Å². The minimum atomic E-state index is -0.904. The first-order chi connectivity index (χ1) is 18.3. The number of nitrogens with zero attached hydrogens (tertiary/aromatic N) is 4. The third-order valence-electron chi connectivity index (χ3n) is 6.87. The van der Waals surface area contributed by atoms with Gasteiger partial charge in [-0.3, -0.25) is 4.79 Å². The lowest BCUT2D eigenvalue weighted by atomic mass is 9.89. The molecule has 1 saturated carbocycles. The first-order valence-corrected chi connectivity index (χ1v) is 13.4. The molecule has 5 rings (SSSR count). The Kier molecular flexibility index (Phi) is 7.91. The quantitative estimate of drug-likeness (QED) is 0.244. The van der Waals surface area contributed by atoms with E-state index in [1.165, 1.54) is 32.3 Å². The van der Waals surface area contributed by atoms with Crippen LogP contribution in [-0.4, -0.2) is 25.3 Å². The Morgan fingerprint density at radius 3 is 2.45 bits per heavy atom. The Balaban J connectivity index is 1.53. The predicted molar refractivity (Wildman–Crippen MR) is 145 cm³/mol. The van der Waals surface area contributed by atoms with Crippen molar-refractivity contribution in [3.63, 3.8) is 0 Å². The summed E-state index contributed by atoms with van der Waals surface area (Å²) < 4.78 is 29.0. The van der Waals surface area contributed by atoms with Gasteiger partial charge in [-0.2, -0.15) is 4.98 Å². The van der Waals surface area contributed by atoms with Crippen LogP contribution in [0, 0.1) is 17.6 Å². The highest BCUT2D eigenvalue weighted by atomic mass is 35.5. The minimum Gasteiger partial charge on any atom is -0.350 e. The summed E-state index contributed by atoms with van der Waals surface area (Å²) in [4.78, 5) is 25.6. The molecule has 4 aromatic rings. The lowest BCUT2D eigenvalue weighted by molar-refractivity contribution is -0.116. The second-order valence-electron chi connectivity index (χ2n) is 9.87. The molecular formula is C28H27Cl2F2N5O. The number of imidazole rings is 1. The molecule has 38 heavy (non-hydrogen) atoms. The van der Waals surface area contributed by atoms with E-state index in [2.05, 4.69) is 10.3 Å². The third kappa shape index (κ3) is 5.81. The van der Waals surface area contributed by atoms with Crippen LogP contribution in [0.3, 0.4) is 0 Å². The molecule has 0 bridgehead atoms. The van der Waals surface area contributed by atoms with Gasteiger partial charge >= 0.3 is 0 Å². The third-order valence-corrected chi connectivity index (χ3v) is 7.46. The number of ketones is 1. The van der Waals surface area contributed by atoms with Crippen molar-refractivity contribution in [2.45, 2.75) is 58.5 Å². The van der Waals surface area contributed by atoms with Gasteiger partial charge in [0.25, 0.3) is 0 Å². The van der Waals surface area contributed by atoms with E-state index in [1.54, 1.807) is 18.3 Å². The zero-order valence-electron chi connectivity index (χ0n) is 20.9. The fraction of sp³-hybridized carbons (Fsp3) is 0.357. The van der Waals surface area contributed by atoms with Gasteiger partial charge in [0, 0.05) is 19.5 Å². The van der Waals surface area contributed by atoms with E-state index in [1.807, 2.05) is 4.57 Å². The zero-order chi connectivity index (χ0) is 26.8. The molecule has 0 unspecified atom stereocenters. The van der Waals surface area contributed by atoms with Gasteiger partial charge in [0.15, 0.2) is 17.3 Å². The molecule has 2 aromatic heterocycles. The van der Waals surface area contributed by atoms with Crippen molar-refractivity contribution in [3.05, 3.63) is 69.3 Å². The molecule has 0 amide bonds. The molecule has 1 N–H and O–H groups in total. The second kappa shape index (κ2) is 11.3. The maximum Gasteiger partial charge on any atom is 0.225 e. The first-order valence-electron chi connectivity index (χ1n) is 12.7. The fourth-order valence-electron chi connectivity index (χ4n) is 5.06. The topological polar surface area (TPSA) is 72.7 Å². The molecule has 2 heterocycles. The Hall–Kier alpha value is -3.10. The Labute approximate surface area is 229 Å². The van der Waals surface area contributed by atoms with Crippen LogP contribution >= 0.6 is 23.2 Å². The van der Waals surface area contributed by atoms with Gasteiger partial charge in [0.05, 0.1) is 21.8 Å². The maximum atomic E-state index is 13.6. The largest absolute Gasteiger partial charge is 0.350 e. The lowest BCUT2D eigenvalue weighted by Gasteiger charge is -2.23. The van der Waals surface area contributed by atoms with Crippen LogP contribution in [-0.2, 0) is 24.3 Å². The van der Waals surface area contributed by atoms with Crippen molar-refractivity contribution in [2.24, 2.45) is 5.92 Å². The SMILES string of the molecule is CC(=O)Cc1cc(Cl)c(-c2nc3cnc(NCc4ccc(F)c(F)c4)nc3n2CC2CCCCC2)c(Cl)c1. The summed E-state index contributed by atoms with van der Waals surface area (Å²) in [7, 11) is 0. The van der Waals surface area contributed by atoms with Crippen LogP contribution < -0.4 is 5.32 Å². The molecule has 1 aliphatic carbocycles. The van der Waals surface area contributed by atoms with Crippen molar-refractivity contribution in [1.29, 1.82) is 0 Å². The van der Waals surface area contributed by atoms with Crippen LogP contribution in [0.4, 0.5) is 14.7 Å². The normalized spacial score (nSPS) is 14.2. The van der Waals surface area contributed by atoms with Gasteiger partial charge in [-0.25, -0.2) is 18.7 Å². The Morgan fingerprint density at radius 2 is 1.76 bits per heavy atom. The summed E-state index contributed by atoms with van der Waals surface area (Å²) in [6.07, 6.45) is 7.71. The molecule has 198 valence electrons. The smallest absolute Gasteiger partial charge is 0.225 e. The van der Waals surface area contributed by atoms with Crippen LogP contribution in [0.25, 0.3) is 22.6 Å². The molecule has 10 heteroatoms. The molecule has 0 atom stereocenters. The second-order valence-corrected chi connectivity index (χ2v) is 10.7. The standard InChI is InChI=1S/C28H27Cl2F2N5O/c1-16(38)9-19-10-20(29)25(21(30)11-19)27-35-24-14-34-28(33-13-18-7-8-22(31)23(32)12-18)36-26(24)37(27)15-17-5-3-2-4-6-17/h7-8,10-12,14,17H,2-6,9,13,15H2,1H3,(H,33,34,36). The number of carbonyl (C=O) groups is 1. The number of Topliss-reactive ketones (excluding diaryl/α,β-unsaturated/α-hetero) is 1. The number of anilines is 1. The molecule has 1 aliphatic rings. The van der Waals surface area contributed by atoms with Gasteiger partial charge in [-0.05, 0) is 61.1 Å². The summed E-state index contributed by atoms with van der Waals surface area (Å²) >= 11 is 13.4. The molecule has 1 fully saturated rings. The number of aromatic nitrogens is 4. The van der Waals surface area contributed by atoms with Crippen molar-refractivity contribution >= 4 is 46.1 Å². The summed E-state index contributed by atoms with van der Waals surface area (Å²) in [5, 5.41) is 3.92. The summed E-state index contributed by atoms with van der Waals surface area (Å²) in [5.74, 6) is -0.373. The number of nitrogens with one attached hydrogen (secondary N) is 1. The maximum absolute atomic E-state index is 13.6. The van der Waals surface area contributed by atoms with E-state index >= 15 is 0 Å². The van der Waals surface area contributed by atoms with Crippen molar-refractivity contribution in [1.82, 2.24) is 19.5 Å². The number of fused-ring (bicyclic) bond motifs is 1. The summed E-state index contributed by atoms with van der Waals surface area (Å²) in [6, 6.07) is 7.27. The predicted octanol–water partition coefficient (Wildman–Crippen LogP) is 7.40. The number of carbonyl (C=O) groups excluding carboxylic acids is 1. The van der Waals surface area contributed by atoms with Crippen molar-refractivity contribution in [2.75, 3.05) is 5.32 Å². The monoisotopic (exact) mass is 557 g/mol. The highest BCUT2D eigenvalue weighted by Gasteiger charge is 2.24. The number of halogens is 4. The number of benzene rings is 2. The Morgan fingerprint density at radius 1 is 1.03 bits per heavy atom. The van der Waals surface area contributed by atoms with Crippen LogP contribution in [0.1, 0.15) is 50.2 Å². The van der Waals surface area contributed by atoms with E-state index < -0.39 is 11.6 Å². The van der Waals surface area contributed by atoms with E-state index in [0.717, 1.165) is 30.5 Å². The highest BCUT2D eigenvalue weighted by Crippen LogP contribution is 2.38. The molecule has 0 saturated heterocycles. The van der Waals surface area contributed by atoms with Crippen molar-refractivity contribution in [3.8, 4) is 11.4 Å². The lowest BCUT2D eigenvalue weighted by Crippen LogP contribution is -2.16. The van der Waals surface area contributed by atoms with Gasteiger partial charge in [0.2, 0.25) is 5.95 Å². The average Bonchev–Trinajstić information content (AvgIpc) is 3.21. The molecule has 0 aliphatic heterocycles. The fourth-order valence-corrected chi connectivity index (χ4v) is 5.76. The van der Waals surface area contributed by atoms with Crippen LogP contribution in [0.5, 0.6) is 0 Å². The average molecular weight is 558 g/mol. The van der Waals surface area contributed by atoms with Gasteiger partial charge in [-0.1, -0.05) is 48.5 Å². The van der Waals surface area contributed by atoms with E-state index in [4.69, 9.17) is 33.2 Å². The van der Waals surface area contributed by atoms with Crippen molar-refractivity contribution < 1.29 is 13.6 Å². The molecule has 6 nitrogen and oxygen atoms in total. The Bertz CT molecular complexity index is 1480.